The molecule has 0 aliphatic heterocycles. The molecule has 1 aromatic rings. The van der Waals surface area contributed by atoms with Gasteiger partial charge in [-0.2, -0.15) is 0 Å². The highest BCUT2D eigenvalue weighted by Gasteiger charge is 2.05. The number of halogens is 1. The van der Waals surface area contributed by atoms with Crippen molar-refractivity contribution in [3.05, 3.63) is 35.9 Å². The first kappa shape index (κ1) is 16.5. The molecule has 1 unspecified atom stereocenters. The van der Waals surface area contributed by atoms with Gasteiger partial charge in [-0.05, 0) is 56.7 Å². The number of unbranched alkanes of at least 4 members (excludes halogenated alkanes) is 1. The van der Waals surface area contributed by atoms with E-state index in [0.29, 0.717) is 0 Å². The average molecular weight is 282 g/mol. The first-order chi connectivity index (χ1) is 9.36. The van der Waals surface area contributed by atoms with Crippen molar-refractivity contribution < 1.29 is 0 Å². The van der Waals surface area contributed by atoms with E-state index in [4.69, 9.17) is 11.6 Å². The normalized spacial score (nSPS) is 12.5. The maximum absolute atomic E-state index is 5.83. The van der Waals surface area contributed by atoms with Gasteiger partial charge in [-0.1, -0.05) is 43.7 Å². The van der Waals surface area contributed by atoms with E-state index in [9.17, 15) is 0 Å². The van der Waals surface area contributed by atoms with Gasteiger partial charge in [-0.15, -0.1) is 11.6 Å². The lowest BCUT2D eigenvalue weighted by molar-refractivity contribution is 0.428. The molecule has 1 N–H and O–H groups in total. The minimum Gasteiger partial charge on any atom is -0.316 e. The lowest BCUT2D eigenvalue weighted by atomic mass is 10.0. The summed E-state index contributed by atoms with van der Waals surface area (Å²) in [6.45, 7) is 4.52. The van der Waals surface area contributed by atoms with Crippen molar-refractivity contribution in [2.45, 2.75) is 45.4 Å². The summed E-state index contributed by atoms with van der Waals surface area (Å²) in [4.78, 5) is 0. The van der Waals surface area contributed by atoms with Crippen molar-refractivity contribution >= 4 is 11.6 Å². The first-order valence-electron chi connectivity index (χ1n) is 7.67. The molecule has 1 rings (SSSR count). The van der Waals surface area contributed by atoms with E-state index in [-0.39, 0.29) is 0 Å². The molecule has 0 aliphatic rings. The van der Waals surface area contributed by atoms with Gasteiger partial charge in [-0.25, -0.2) is 0 Å². The van der Waals surface area contributed by atoms with Gasteiger partial charge in [0.05, 0.1) is 0 Å². The quantitative estimate of drug-likeness (QED) is 0.460. The van der Waals surface area contributed by atoms with Gasteiger partial charge in [0.1, 0.15) is 0 Å². The summed E-state index contributed by atoms with van der Waals surface area (Å²) >= 11 is 5.83. The number of rotatable bonds is 11. The summed E-state index contributed by atoms with van der Waals surface area (Å²) in [5.41, 5.74) is 1.45. The van der Waals surface area contributed by atoms with E-state index in [1.807, 2.05) is 0 Å². The maximum Gasteiger partial charge on any atom is 0.0226 e. The molecule has 1 atom stereocenters. The van der Waals surface area contributed by atoms with Crippen LogP contribution in [0.3, 0.4) is 0 Å². The molecule has 108 valence electrons. The molecule has 0 amide bonds. The molecule has 1 aromatic carbocycles. The number of hydrogen-bond acceptors (Lipinski definition) is 1. The average Bonchev–Trinajstić information content (AvgIpc) is 2.44. The molecule has 0 saturated heterocycles. The van der Waals surface area contributed by atoms with Gasteiger partial charge in [-0.3, -0.25) is 0 Å². The van der Waals surface area contributed by atoms with Crippen LogP contribution in [0, 0.1) is 5.92 Å². The summed E-state index contributed by atoms with van der Waals surface area (Å²) < 4.78 is 0. The Morgan fingerprint density at radius 1 is 1.11 bits per heavy atom. The Bertz CT molecular complexity index is 293. The number of nitrogens with one attached hydrogen (secondary N) is 1. The molecule has 2 heteroatoms. The highest BCUT2D eigenvalue weighted by molar-refractivity contribution is 6.17. The fourth-order valence-electron chi connectivity index (χ4n) is 2.44. The van der Waals surface area contributed by atoms with E-state index in [1.165, 1.54) is 37.7 Å². The fraction of sp³-hybridized carbons (Fsp3) is 0.647. The van der Waals surface area contributed by atoms with Gasteiger partial charge >= 0.3 is 0 Å². The van der Waals surface area contributed by atoms with Crippen LogP contribution in [0.2, 0.25) is 0 Å². The van der Waals surface area contributed by atoms with E-state index >= 15 is 0 Å². The largest absolute Gasteiger partial charge is 0.316 e. The molecule has 0 aliphatic carbocycles. The molecule has 0 aromatic heterocycles. The van der Waals surface area contributed by atoms with Crippen molar-refractivity contribution in [1.82, 2.24) is 5.32 Å². The second kappa shape index (κ2) is 11.3. The molecular weight excluding hydrogens is 254 g/mol. The Hall–Kier alpha value is -0.530. The maximum atomic E-state index is 5.83. The van der Waals surface area contributed by atoms with Crippen LogP contribution in [0.25, 0.3) is 0 Å². The first-order valence-corrected chi connectivity index (χ1v) is 8.20. The summed E-state index contributed by atoms with van der Waals surface area (Å²) in [7, 11) is 0. The minimum atomic E-state index is 0.761. The summed E-state index contributed by atoms with van der Waals surface area (Å²) in [6, 6.07) is 10.7. The Morgan fingerprint density at radius 3 is 2.58 bits per heavy atom. The predicted octanol–water partition coefficient (Wildman–Crippen LogP) is 4.64. The highest BCUT2D eigenvalue weighted by Crippen LogP contribution is 2.11. The van der Waals surface area contributed by atoms with Crippen LogP contribution >= 0.6 is 11.6 Å². The minimum absolute atomic E-state index is 0.761. The molecule has 0 spiro atoms. The van der Waals surface area contributed by atoms with Gasteiger partial charge < -0.3 is 5.32 Å². The molecule has 0 bridgehead atoms. The zero-order valence-corrected chi connectivity index (χ0v) is 13.0. The molecule has 0 saturated carbocycles. The number of aryl methyl sites for hydroxylation is 1. The Balaban J connectivity index is 2.01. The molecular formula is C17H28ClN. The van der Waals surface area contributed by atoms with Gasteiger partial charge in [0, 0.05) is 5.88 Å². The van der Waals surface area contributed by atoms with Crippen molar-refractivity contribution in [2.24, 2.45) is 5.92 Å². The van der Waals surface area contributed by atoms with Gasteiger partial charge in [0.15, 0.2) is 0 Å². The Kier molecular flexibility index (Phi) is 9.84. The Morgan fingerprint density at radius 2 is 1.89 bits per heavy atom. The van der Waals surface area contributed by atoms with Crippen LogP contribution in [-0.4, -0.2) is 19.0 Å². The number of alkyl halides is 1. The van der Waals surface area contributed by atoms with Crippen molar-refractivity contribution in [1.29, 1.82) is 0 Å². The van der Waals surface area contributed by atoms with Crippen molar-refractivity contribution in [3.63, 3.8) is 0 Å². The molecule has 0 heterocycles. The van der Waals surface area contributed by atoms with Crippen LogP contribution in [-0.2, 0) is 6.42 Å². The van der Waals surface area contributed by atoms with E-state index in [0.717, 1.165) is 31.3 Å². The third-order valence-electron chi connectivity index (χ3n) is 3.56. The third kappa shape index (κ3) is 8.28. The molecule has 0 fully saturated rings. The van der Waals surface area contributed by atoms with Crippen LogP contribution in [0.4, 0.5) is 0 Å². The van der Waals surface area contributed by atoms with Crippen LogP contribution in [0.15, 0.2) is 30.3 Å². The zero-order valence-electron chi connectivity index (χ0n) is 12.2. The molecule has 0 radical (unpaired) electrons. The Labute approximate surface area is 123 Å². The summed E-state index contributed by atoms with van der Waals surface area (Å²) in [5, 5.41) is 3.58. The fourth-order valence-corrected chi connectivity index (χ4v) is 2.75. The van der Waals surface area contributed by atoms with Crippen LogP contribution < -0.4 is 5.32 Å². The summed E-state index contributed by atoms with van der Waals surface area (Å²) in [5.74, 6) is 1.55. The van der Waals surface area contributed by atoms with E-state index in [1.54, 1.807) is 0 Å². The standard InChI is InChI=1S/C17H28ClN/c1-2-8-17(12-13-18)15-19-14-7-6-11-16-9-4-3-5-10-16/h3-5,9-10,17,19H,2,6-8,11-15H2,1H3. The van der Waals surface area contributed by atoms with E-state index < -0.39 is 0 Å². The molecule has 19 heavy (non-hydrogen) atoms. The lowest BCUT2D eigenvalue weighted by Gasteiger charge is -2.15. The molecule has 1 nitrogen and oxygen atoms in total. The van der Waals surface area contributed by atoms with Gasteiger partial charge in [0.25, 0.3) is 0 Å². The predicted molar refractivity (Wildman–Crippen MR) is 86.0 cm³/mol. The SMILES string of the molecule is CCCC(CCCl)CNCCCCc1ccccc1. The highest BCUT2D eigenvalue weighted by atomic mass is 35.5. The van der Waals surface area contributed by atoms with Crippen LogP contribution in [0.5, 0.6) is 0 Å². The summed E-state index contributed by atoms with van der Waals surface area (Å²) in [6.07, 6.45) is 7.43. The monoisotopic (exact) mass is 281 g/mol. The van der Waals surface area contributed by atoms with Crippen molar-refractivity contribution in [3.8, 4) is 0 Å². The lowest BCUT2D eigenvalue weighted by Crippen LogP contribution is -2.24. The smallest absolute Gasteiger partial charge is 0.0226 e. The van der Waals surface area contributed by atoms with E-state index in [2.05, 4.69) is 42.6 Å². The van der Waals surface area contributed by atoms with Crippen molar-refractivity contribution in [2.75, 3.05) is 19.0 Å². The van der Waals surface area contributed by atoms with Gasteiger partial charge in [0.2, 0.25) is 0 Å². The second-order valence-corrected chi connectivity index (χ2v) is 5.66. The number of hydrogen-bond donors (Lipinski definition) is 1. The number of benzene rings is 1. The third-order valence-corrected chi connectivity index (χ3v) is 3.78. The topological polar surface area (TPSA) is 12.0 Å². The second-order valence-electron chi connectivity index (χ2n) is 5.28. The zero-order chi connectivity index (χ0) is 13.8. The van der Waals surface area contributed by atoms with Crippen LogP contribution in [0.1, 0.15) is 44.6 Å².